The number of carbonyl (C=O) groups excluding carboxylic acids is 3. The molecule has 1 aromatic carbocycles. The Balaban J connectivity index is 1.85. The van der Waals surface area contributed by atoms with Crippen LogP contribution in [0, 0.1) is 5.92 Å². The van der Waals surface area contributed by atoms with Crippen LogP contribution in [-0.4, -0.2) is 58.9 Å². The SMILES string of the molecule is CC(C)CC(O)C(=O)N[C@@H](C)C(=O)NC1N=C(c2ccccn2)c2ccccc2N(C)C1=O. The van der Waals surface area contributed by atoms with E-state index in [1.807, 2.05) is 38.1 Å². The molecule has 33 heavy (non-hydrogen) atoms. The van der Waals surface area contributed by atoms with E-state index in [0.29, 0.717) is 22.7 Å². The van der Waals surface area contributed by atoms with Gasteiger partial charge < -0.3 is 20.6 Å². The molecule has 0 bridgehead atoms. The number of aliphatic imine (C=N–C) groups is 1. The van der Waals surface area contributed by atoms with Crippen molar-refractivity contribution in [2.45, 2.75) is 45.5 Å². The molecular formula is C24H29N5O4. The fourth-order valence-corrected chi connectivity index (χ4v) is 3.51. The van der Waals surface area contributed by atoms with E-state index in [2.05, 4.69) is 20.6 Å². The number of nitrogens with one attached hydrogen (secondary N) is 2. The van der Waals surface area contributed by atoms with Gasteiger partial charge in [-0.15, -0.1) is 0 Å². The normalized spacial score (nSPS) is 17.5. The predicted molar refractivity (Wildman–Crippen MR) is 125 cm³/mol. The third kappa shape index (κ3) is 5.61. The van der Waals surface area contributed by atoms with E-state index in [-0.39, 0.29) is 12.3 Å². The number of fused-ring (bicyclic) bond motifs is 1. The van der Waals surface area contributed by atoms with Crippen molar-refractivity contribution in [3.63, 3.8) is 0 Å². The van der Waals surface area contributed by atoms with E-state index in [9.17, 15) is 19.5 Å². The summed E-state index contributed by atoms with van der Waals surface area (Å²) in [6, 6.07) is 11.7. The standard InChI is InChI=1S/C24H29N5O4/c1-14(2)13-19(30)23(32)26-15(3)22(31)28-21-24(33)29(4)18-11-6-5-9-16(18)20(27-21)17-10-7-8-12-25-17/h5-12,14-15,19,21,30H,13H2,1-4H3,(H,26,32)(H,28,31)/t15-,19?,21?/m0/s1. The summed E-state index contributed by atoms with van der Waals surface area (Å²) in [6.45, 7) is 5.25. The fraction of sp³-hybridized carbons (Fsp3) is 0.375. The van der Waals surface area contributed by atoms with Gasteiger partial charge in [-0.1, -0.05) is 38.1 Å². The number of carbonyl (C=O) groups is 3. The average Bonchev–Trinajstić information content (AvgIpc) is 2.90. The topological polar surface area (TPSA) is 124 Å². The second-order valence-corrected chi connectivity index (χ2v) is 8.39. The first kappa shape index (κ1) is 24.1. The maximum Gasteiger partial charge on any atom is 0.272 e. The smallest absolute Gasteiger partial charge is 0.272 e. The maximum absolute atomic E-state index is 13.2. The number of benzene rings is 1. The van der Waals surface area contributed by atoms with Crippen LogP contribution >= 0.6 is 0 Å². The van der Waals surface area contributed by atoms with Crippen LogP contribution in [0.25, 0.3) is 0 Å². The molecule has 174 valence electrons. The molecule has 2 heterocycles. The first-order valence-electron chi connectivity index (χ1n) is 10.8. The summed E-state index contributed by atoms with van der Waals surface area (Å²) in [5.41, 5.74) is 2.38. The summed E-state index contributed by atoms with van der Waals surface area (Å²) in [5, 5.41) is 15.1. The summed E-state index contributed by atoms with van der Waals surface area (Å²) in [5.74, 6) is -1.54. The van der Waals surface area contributed by atoms with Crippen molar-refractivity contribution >= 4 is 29.1 Å². The van der Waals surface area contributed by atoms with Gasteiger partial charge in [-0.2, -0.15) is 0 Å². The van der Waals surface area contributed by atoms with Gasteiger partial charge in [-0.25, -0.2) is 4.99 Å². The first-order chi connectivity index (χ1) is 15.7. The highest BCUT2D eigenvalue weighted by Gasteiger charge is 2.32. The molecule has 0 fully saturated rings. The highest BCUT2D eigenvalue weighted by atomic mass is 16.3. The lowest BCUT2D eigenvalue weighted by atomic mass is 10.0. The predicted octanol–water partition coefficient (Wildman–Crippen LogP) is 1.25. The molecule has 2 unspecified atom stereocenters. The van der Waals surface area contributed by atoms with E-state index in [1.165, 1.54) is 11.8 Å². The van der Waals surface area contributed by atoms with Gasteiger partial charge in [0.1, 0.15) is 12.1 Å². The lowest BCUT2D eigenvalue weighted by Crippen LogP contribution is -2.53. The Kier molecular flexibility index (Phi) is 7.55. The van der Waals surface area contributed by atoms with Crippen LogP contribution in [0.1, 0.15) is 38.4 Å². The Morgan fingerprint density at radius 2 is 1.79 bits per heavy atom. The Bertz CT molecular complexity index is 1050. The number of anilines is 1. The van der Waals surface area contributed by atoms with Crippen molar-refractivity contribution in [2.24, 2.45) is 10.9 Å². The van der Waals surface area contributed by atoms with E-state index < -0.39 is 36.0 Å². The molecular weight excluding hydrogens is 422 g/mol. The van der Waals surface area contributed by atoms with E-state index in [1.54, 1.807) is 31.4 Å². The molecule has 0 aliphatic carbocycles. The van der Waals surface area contributed by atoms with Gasteiger partial charge in [0.15, 0.2) is 0 Å². The number of pyridine rings is 1. The molecule has 0 saturated heterocycles. The number of rotatable bonds is 7. The molecule has 1 aliphatic rings. The quantitative estimate of drug-likeness (QED) is 0.585. The number of likely N-dealkylation sites (N-methyl/N-ethyl adjacent to an activating group) is 1. The van der Waals surface area contributed by atoms with Gasteiger partial charge in [0.05, 0.1) is 17.1 Å². The van der Waals surface area contributed by atoms with Crippen molar-refractivity contribution in [3.05, 3.63) is 59.9 Å². The molecule has 3 N–H and O–H groups in total. The summed E-state index contributed by atoms with van der Waals surface area (Å²) in [4.78, 5) is 48.5. The van der Waals surface area contributed by atoms with Crippen LogP contribution in [0.3, 0.4) is 0 Å². The molecule has 3 rings (SSSR count). The third-order valence-electron chi connectivity index (χ3n) is 5.28. The summed E-state index contributed by atoms with van der Waals surface area (Å²) >= 11 is 0. The lowest BCUT2D eigenvalue weighted by molar-refractivity contribution is -0.135. The zero-order valence-corrected chi connectivity index (χ0v) is 19.1. The number of para-hydroxylation sites is 1. The lowest BCUT2D eigenvalue weighted by Gasteiger charge is -2.22. The number of benzodiazepines with no additional fused rings is 1. The number of aliphatic hydroxyl groups is 1. The van der Waals surface area contributed by atoms with Crippen LogP contribution in [0.5, 0.6) is 0 Å². The van der Waals surface area contributed by atoms with E-state index in [0.717, 1.165) is 0 Å². The molecule has 3 amide bonds. The van der Waals surface area contributed by atoms with Crippen molar-refractivity contribution in [3.8, 4) is 0 Å². The van der Waals surface area contributed by atoms with Crippen molar-refractivity contribution in [1.82, 2.24) is 15.6 Å². The summed E-state index contributed by atoms with van der Waals surface area (Å²) in [6.07, 6.45) is -0.520. The molecule has 1 aromatic heterocycles. The molecule has 2 aromatic rings. The number of aliphatic hydroxyl groups excluding tert-OH is 1. The molecule has 0 spiro atoms. The summed E-state index contributed by atoms with van der Waals surface area (Å²) < 4.78 is 0. The average molecular weight is 452 g/mol. The first-order valence-corrected chi connectivity index (χ1v) is 10.8. The Morgan fingerprint density at radius 3 is 2.45 bits per heavy atom. The van der Waals surface area contributed by atoms with Crippen LogP contribution in [-0.2, 0) is 14.4 Å². The van der Waals surface area contributed by atoms with Crippen LogP contribution < -0.4 is 15.5 Å². The molecule has 9 nitrogen and oxygen atoms in total. The van der Waals surface area contributed by atoms with Crippen LogP contribution in [0.4, 0.5) is 5.69 Å². The zero-order valence-electron chi connectivity index (χ0n) is 19.1. The second-order valence-electron chi connectivity index (χ2n) is 8.39. The molecule has 3 atom stereocenters. The van der Waals surface area contributed by atoms with Gasteiger partial charge in [0.2, 0.25) is 18.0 Å². The highest BCUT2D eigenvalue weighted by molar-refractivity contribution is 6.19. The third-order valence-corrected chi connectivity index (χ3v) is 5.28. The minimum absolute atomic E-state index is 0.120. The Hall–Kier alpha value is -3.59. The largest absolute Gasteiger partial charge is 0.383 e. The highest BCUT2D eigenvalue weighted by Crippen LogP contribution is 2.26. The minimum Gasteiger partial charge on any atom is -0.383 e. The molecule has 1 aliphatic heterocycles. The number of aromatic nitrogens is 1. The Labute approximate surface area is 192 Å². The van der Waals surface area contributed by atoms with Gasteiger partial charge in [0.25, 0.3) is 5.91 Å². The number of nitrogens with zero attached hydrogens (tertiary/aromatic N) is 3. The maximum atomic E-state index is 13.2. The minimum atomic E-state index is -1.22. The monoisotopic (exact) mass is 451 g/mol. The van der Waals surface area contributed by atoms with Crippen LogP contribution in [0.2, 0.25) is 0 Å². The van der Waals surface area contributed by atoms with E-state index in [4.69, 9.17) is 0 Å². The van der Waals surface area contributed by atoms with Crippen molar-refractivity contribution in [1.29, 1.82) is 0 Å². The number of hydrogen-bond acceptors (Lipinski definition) is 6. The van der Waals surface area contributed by atoms with Gasteiger partial charge in [-0.05, 0) is 37.5 Å². The second kappa shape index (κ2) is 10.4. The van der Waals surface area contributed by atoms with Crippen molar-refractivity contribution in [2.75, 3.05) is 11.9 Å². The summed E-state index contributed by atoms with van der Waals surface area (Å²) in [7, 11) is 1.62. The van der Waals surface area contributed by atoms with Crippen LogP contribution in [0.15, 0.2) is 53.7 Å². The van der Waals surface area contributed by atoms with Crippen molar-refractivity contribution < 1.29 is 19.5 Å². The number of hydrogen-bond donors (Lipinski definition) is 3. The van der Waals surface area contributed by atoms with E-state index >= 15 is 0 Å². The molecule has 0 saturated carbocycles. The molecule has 9 heteroatoms. The van der Waals surface area contributed by atoms with Gasteiger partial charge in [0, 0.05) is 18.8 Å². The Morgan fingerprint density at radius 1 is 1.09 bits per heavy atom. The fourth-order valence-electron chi connectivity index (χ4n) is 3.51. The van der Waals surface area contributed by atoms with Gasteiger partial charge >= 0.3 is 0 Å². The van der Waals surface area contributed by atoms with Gasteiger partial charge in [-0.3, -0.25) is 19.4 Å². The number of amides is 3. The zero-order chi connectivity index (χ0) is 24.1. The molecule has 0 radical (unpaired) electrons.